The van der Waals surface area contributed by atoms with Crippen molar-refractivity contribution in [1.29, 1.82) is 0 Å². The largest absolute Gasteiger partial charge is 0.352 e. The molecule has 0 saturated heterocycles. The van der Waals surface area contributed by atoms with E-state index in [2.05, 4.69) is 20.7 Å². The molecule has 0 bridgehead atoms. The number of nitrogens with zero attached hydrogens (tertiary/aromatic N) is 1. The molecule has 0 spiro atoms. The quantitative estimate of drug-likeness (QED) is 0.354. The first-order valence-corrected chi connectivity index (χ1v) is 6.13. The van der Waals surface area contributed by atoms with E-state index in [1.807, 2.05) is 0 Å². The molecule has 0 saturated carbocycles. The molecule has 0 atom stereocenters. The van der Waals surface area contributed by atoms with Gasteiger partial charge in [0, 0.05) is 36.6 Å². The lowest BCUT2D eigenvalue weighted by atomic mass is 10.2. The van der Waals surface area contributed by atoms with Crippen molar-refractivity contribution in [3.63, 3.8) is 0 Å². The number of anilines is 1. The smallest absolute Gasteiger partial charge is 0.251 e. The van der Waals surface area contributed by atoms with Crippen molar-refractivity contribution < 1.29 is 4.79 Å². The summed E-state index contributed by atoms with van der Waals surface area (Å²) < 4.78 is 0. The SMILES string of the molecule is NNc1ccc(C(=O)NCCCc2ncc[nH]2)cc1. The molecule has 19 heavy (non-hydrogen) atoms. The van der Waals surface area contributed by atoms with Gasteiger partial charge in [0.05, 0.1) is 0 Å². The summed E-state index contributed by atoms with van der Waals surface area (Å²) in [6.45, 7) is 0.621. The van der Waals surface area contributed by atoms with Crippen LogP contribution in [-0.4, -0.2) is 22.4 Å². The number of H-pyrrole nitrogens is 1. The number of hydrazine groups is 1. The first kappa shape index (κ1) is 13.1. The molecule has 1 heterocycles. The number of carbonyl (C=O) groups excluding carboxylic acids is 1. The molecule has 1 amide bonds. The van der Waals surface area contributed by atoms with Crippen LogP contribution in [0.1, 0.15) is 22.6 Å². The van der Waals surface area contributed by atoms with Gasteiger partial charge in [0.2, 0.25) is 0 Å². The van der Waals surface area contributed by atoms with E-state index in [0.717, 1.165) is 24.4 Å². The third-order valence-electron chi connectivity index (χ3n) is 2.74. The number of hydrogen-bond acceptors (Lipinski definition) is 4. The Morgan fingerprint density at radius 3 is 2.74 bits per heavy atom. The third kappa shape index (κ3) is 3.82. The van der Waals surface area contributed by atoms with Gasteiger partial charge in [-0.3, -0.25) is 10.6 Å². The van der Waals surface area contributed by atoms with Crippen LogP contribution >= 0.6 is 0 Å². The van der Waals surface area contributed by atoms with Gasteiger partial charge in [-0.25, -0.2) is 4.98 Å². The third-order valence-corrected chi connectivity index (χ3v) is 2.74. The topological polar surface area (TPSA) is 95.8 Å². The van der Waals surface area contributed by atoms with Crippen molar-refractivity contribution in [2.75, 3.05) is 12.0 Å². The van der Waals surface area contributed by atoms with Crippen LogP contribution in [0.3, 0.4) is 0 Å². The number of nitrogen functional groups attached to an aromatic ring is 1. The number of hydrogen-bond donors (Lipinski definition) is 4. The molecule has 0 unspecified atom stereocenters. The standard InChI is InChI=1S/C13H17N5O/c14-18-11-5-3-10(4-6-11)13(19)17-7-1-2-12-15-8-9-16-12/h3-6,8-9,18H,1-2,7,14H2,(H,15,16)(H,17,19). The van der Waals surface area contributed by atoms with Gasteiger partial charge >= 0.3 is 0 Å². The highest BCUT2D eigenvalue weighted by Crippen LogP contribution is 2.07. The molecule has 0 aliphatic rings. The van der Waals surface area contributed by atoms with Crippen LogP contribution in [0.2, 0.25) is 0 Å². The minimum absolute atomic E-state index is 0.0805. The van der Waals surface area contributed by atoms with Gasteiger partial charge in [0.15, 0.2) is 0 Å². The van der Waals surface area contributed by atoms with E-state index in [-0.39, 0.29) is 5.91 Å². The number of aryl methyl sites for hydroxylation is 1. The van der Waals surface area contributed by atoms with Crippen molar-refractivity contribution in [3.8, 4) is 0 Å². The second kappa shape index (κ2) is 6.55. The summed E-state index contributed by atoms with van der Waals surface area (Å²) in [4.78, 5) is 19.0. The molecule has 1 aromatic heterocycles. The van der Waals surface area contributed by atoms with E-state index >= 15 is 0 Å². The van der Waals surface area contributed by atoms with Crippen LogP contribution in [0.15, 0.2) is 36.7 Å². The van der Waals surface area contributed by atoms with Crippen molar-refractivity contribution in [2.24, 2.45) is 5.84 Å². The van der Waals surface area contributed by atoms with Crippen molar-refractivity contribution in [2.45, 2.75) is 12.8 Å². The Labute approximate surface area is 111 Å². The molecule has 2 aromatic rings. The normalized spacial score (nSPS) is 10.2. The maximum absolute atomic E-state index is 11.8. The number of aromatic nitrogens is 2. The first-order chi connectivity index (χ1) is 9.29. The van der Waals surface area contributed by atoms with Crippen LogP contribution in [0.25, 0.3) is 0 Å². The van der Waals surface area contributed by atoms with Gasteiger partial charge in [-0.2, -0.15) is 0 Å². The summed E-state index contributed by atoms with van der Waals surface area (Å²) in [7, 11) is 0. The fraction of sp³-hybridized carbons (Fsp3) is 0.231. The molecule has 6 nitrogen and oxygen atoms in total. The summed E-state index contributed by atoms with van der Waals surface area (Å²) in [5, 5.41) is 2.87. The number of aromatic amines is 1. The first-order valence-electron chi connectivity index (χ1n) is 6.13. The average molecular weight is 259 g/mol. The Bertz CT molecular complexity index is 506. The number of imidazole rings is 1. The Kier molecular flexibility index (Phi) is 4.52. The predicted octanol–water partition coefficient (Wildman–Crippen LogP) is 1.06. The monoisotopic (exact) mass is 259 g/mol. The number of rotatable bonds is 6. The van der Waals surface area contributed by atoms with Gasteiger partial charge in [0.1, 0.15) is 5.82 Å². The maximum atomic E-state index is 11.8. The van der Waals surface area contributed by atoms with E-state index < -0.39 is 0 Å². The molecule has 0 aliphatic heterocycles. The highest BCUT2D eigenvalue weighted by atomic mass is 16.1. The van der Waals surface area contributed by atoms with E-state index in [1.165, 1.54) is 0 Å². The molecule has 0 aliphatic carbocycles. The number of nitrogens with two attached hydrogens (primary N) is 1. The predicted molar refractivity (Wildman–Crippen MR) is 73.5 cm³/mol. The van der Waals surface area contributed by atoms with Crippen LogP contribution < -0.4 is 16.6 Å². The molecule has 0 radical (unpaired) electrons. The van der Waals surface area contributed by atoms with Gasteiger partial charge in [-0.05, 0) is 30.7 Å². The van der Waals surface area contributed by atoms with Crippen LogP contribution in [0, 0.1) is 0 Å². The number of benzene rings is 1. The zero-order valence-electron chi connectivity index (χ0n) is 10.5. The molecule has 1 aromatic carbocycles. The number of amides is 1. The molecule has 0 fully saturated rings. The van der Waals surface area contributed by atoms with Crippen molar-refractivity contribution in [3.05, 3.63) is 48.0 Å². The Balaban J connectivity index is 1.74. The second-order valence-corrected chi connectivity index (χ2v) is 4.12. The van der Waals surface area contributed by atoms with E-state index in [0.29, 0.717) is 12.1 Å². The van der Waals surface area contributed by atoms with Crippen LogP contribution in [-0.2, 0) is 6.42 Å². The highest BCUT2D eigenvalue weighted by Gasteiger charge is 2.04. The van der Waals surface area contributed by atoms with Crippen molar-refractivity contribution >= 4 is 11.6 Å². The van der Waals surface area contributed by atoms with Crippen molar-refractivity contribution in [1.82, 2.24) is 15.3 Å². The summed E-state index contributed by atoms with van der Waals surface area (Å²) in [5.41, 5.74) is 3.91. The van der Waals surface area contributed by atoms with Gasteiger partial charge in [0.25, 0.3) is 5.91 Å². The summed E-state index contributed by atoms with van der Waals surface area (Å²) >= 11 is 0. The fourth-order valence-corrected chi connectivity index (χ4v) is 1.71. The Morgan fingerprint density at radius 2 is 2.11 bits per heavy atom. The van der Waals surface area contributed by atoms with Crippen LogP contribution in [0.5, 0.6) is 0 Å². The van der Waals surface area contributed by atoms with Gasteiger partial charge < -0.3 is 15.7 Å². The molecular weight excluding hydrogens is 242 g/mol. The molecule has 2 rings (SSSR count). The summed E-state index contributed by atoms with van der Waals surface area (Å²) in [6, 6.07) is 6.99. The zero-order valence-corrected chi connectivity index (χ0v) is 10.5. The lowest BCUT2D eigenvalue weighted by Crippen LogP contribution is -2.24. The summed E-state index contributed by atoms with van der Waals surface area (Å²) in [6.07, 6.45) is 5.19. The van der Waals surface area contributed by atoms with E-state index in [4.69, 9.17) is 5.84 Å². The van der Waals surface area contributed by atoms with E-state index in [9.17, 15) is 4.79 Å². The molecule has 5 N–H and O–H groups in total. The van der Waals surface area contributed by atoms with E-state index in [1.54, 1.807) is 36.7 Å². The second-order valence-electron chi connectivity index (χ2n) is 4.12. The summed E-state index contributed by atoms with van der Waals surface area (Å²) in [5.74, 6) is 6.12. The van der Waals surface area contributed by atoms with Gasteiger partial charge in [-0.15, -0.1) is 0 Å². The van der Waals surface area contributed by atoms with Crippen LogP contribution in [0.4, 0.5) is 5.69 Å². The number of carbonyl (C=O) groups is 1. The Morgan fingerprint density at radius 1 is 1.32 bits per heavy atom. The average Bonchev–Trinajstić information content (AvgIpc) is 2.96. The van der Waals surface area contributed by atoms with Gasteiger partial charge in [-0.1, -0.05) is 0 Å². The fourth-order valence-electron chi connectivity index (χ4n) is 1.71. The number of nitrogens with one attached hydrogen (secondary N) is 3. The molecular formula is C13H17N5O. The minimum Gasteiger partial charge on any atom is -0.352 e. The molecule has 100 valence electrons. The lowest BCUT2D eigenvalue weighted by Gasteiger charge is -2.05. The lowest BCUT2D eigenvalue weighted by molar-refractivity contribution is 0.0953. The zero-order chi connectivity index (χ0) is 13.5. The Hall–Kier alpha value is -2.34. The maximum Gasteiger partial charge on any atom is 0.251 e. The highest BCUT2D eigenvalue weighted by molar-refractivity contribution is 5.94. The molecule has 6 heteroatoms. The minimum atomic E-state index is -0.0805.